The summed E-state index contributed by atoms with van der Waals surface area (Å²) in [5.41, 5.74) is 3.40. The number of nitrogens with zero attached hydrogens (tertiary/aromatic N) is 5. The fraction of sp³-hybridized carbons (Fsp3) is 0.259. The zero-order chi connectivity index (χ0) is 25.8. The maximum absolute atomic E-state index is 13.7. The van der Waals surface area contributed by atoms with Gasteiger partial charge in [0.05, 0.1) is 33.1 Å². The Morgan fingerprint density at radius 3 is 2.27 bits per heavy atom. The number of aromatic nitrogens is 4. The van der Waals surface area contributed by atoms with E-state index in [1.54, 1.807) is 33.5 Å². The minimum atomic E-state index is -0.336. The number of rotatable bonds is 8. The topological polar surface area (TPSA) is 101 Å². The molecule has 0 bridgehead atoms. The van der Waals surface area contributed by atoms with Gasteiger partial charge in [-0.1, -0.05) is 0 Å². The number of fused-ring (bicyclic) bond motifs is 1. The maximum Gasteiger partial charge on any atom is 0.254 e. The summed E-state index contributed by atoms with van der Waals surface area (Å²) in [4.78, 5) is 15.6. The number of tetrazole rings is 1. The van der Waals surface area contributed by atoms with E-state index >= 15 is 0 Å². The number of benzene rings is 3. The molecule has 1 atom stereocenters. The van der Waals surface area contributed by atoms with Gasteiger partial charge in [-0.05, 0) is 88.6 Å². The third-order valence-corrected chi connectivity index (χ3v) is 6.46. The van der Waals surface area contributed by atoms with Crippen molar-refractivity contribution in [2.75, 3.05) is 34.5 Å². The number of hydrogen-bond acceptors (Lipinski definition) is 8. The van der Waals surface area contributed by atoms with Crippen molar-refractivity contribution in [3.8, 4) is 28.7 Å². The van der Waals surface area contributed by atoms with Crippen LogP contribution in [0.5, 0.6) is 23.0 Å². The van der Waals surface area contributed by atoms with Gasteiger partial charge < -0.3 is 23.8 Å². The first-order valence-corrected chi connectivity index (χ1v) is 11.8. The summed E-state index contributed by atoms with van der Waals surface area (Å²) in [6.45, 7) is 0.802. The first kappa shape index (κ1) is 24.1. The zero-order valence-corrected chi connectivity index (χ0v) is 20.8. The quantitative estimate of drug-likeness (QED) is 0.362. The molecular weight excluding hydrogens is 474 g/mol. The average molecular weight is 502 g/mol. The molecule has 1 aliphatic rings. The third kappa shape index (κ3) is 4.90. The van der Waals surface area contributed by atoms with Crippen LogP contribution < -0.4 is 18.9 Å². The lowest BCUT2D eigenvalue weighted by molar-refractivity contribution is 0.0589. The van der Waals surface area contributed by atoms with E-state index in [1.807, 2.05) is 53.4 Å². The lowest BCUT2D eigenvalue weighted by Crippen LogP contribution is -2.42. The summed E-state index contributed by atoms with van der Waals surface area (Å²) < 4.78 is 24.0. The third-order valence-electron chi connectivity index (χ3n) is 6.46. The van der Waals surface area contributed by atoms with Crippen molar-refractivity contribution in [2.45, 2.75) is 12.5 Å². The number of carbonyl (C=O) groups is 1. The van der Waals surface area contributed by atoms with Crippen molar-refractivity contribution in [3.63, 3.8) is 0 Å². The van der Waals surface area contributed by atoms with Crippen LogP contribution in [0, 0.1) is 0 Å². The van der Waals surface area contributed by atoms with Gasteiger partial charge >= 0.3 is 0 Å². The van der Waals surface area contributed by atoms with E-state index in [9.17, 15) is 4.79 Å². The molecule has 0 N–H and O–H groups in total. The Labute approximate surface area is 214 Å². The van der Waals surface area contributed by atoms with Crippen LogP contribution in [0.1, 0.15) is 27.5 Å². The van der Waals surface area contributed by atoms with Crippen LogP contribution in [0.2, 0.25) is 0 Å². The minimum Gasteiger partial charge on any atom is -0.497 e. The predicted molar refractivity (Wildman–Crippen MR) is 135 cm³/mol. The van der Waals surface area contributed by atoms with Gasteiger partial charge in [-0.3, -0.25) is 4.79 Å². The smallest absolute Gasteiger partial charge is 0.254 e. The molecule has 1 amide bonds. The molecule has 0 radical (unpaired) electrons. The van der Waals surface area contributed by atoms with E-state index in [2.05, 4.69) is 15.5 Å². The SMILES string of the molecule is COc1ccc(OCC2c3cc(OC)c(OC)cc3CCN2C(=O)c2ccc(-n3cnnn3)cc2)cc1. The Morgan fingerprint density at radius 2 is 1.62 bits per heavy atom. The highest BCUT2D eigenvalue weighted by atomic mass is 16.5. The molecular formula is C27H27N5O5. The second-order valence-corrected chi connectivity index (χ2v) is 8.46. The largest absolute Gasteiger partial charge is 0.497 e. The average Bonchev–Trinajstić information content (AvgIpc) is 3.50. The van der Waals surface area contributed by atoms with Crippen LogP contribution in [-0.4, -0.2) is 65.5 Å². The number of carbonyl (C=O) groups excluding carboxylic acids is 1. The number of ether oxygens (including phenoxy) is 4. The Kier molecular flexibility index (Phi) is 6.89. The minimum absolute atomic E-state index is 0.0907. The van der Waals surface area contributed by atoms with Crippen molar-refractivity contribution in [1.29, 1.82) is 0 Å². The Morgan fingerprint density at radius 1 is 0.919 bits per heavy atom. The van der Waals surface area contributed by atoms with Crippen molar-refractivity contribution >= 4 is 5.91 Å². The van der Waals surface area contributed by atoms with Gasteiger partial charge in [-0.2, -0.15) is 0 Å². The number of hydrogen-bond donors (Lipinski definition) is 0. The second kappa shape index (κ2) is 10.6. The predicted octanol–water partition coefficient (Wildman–Crippen LogP) is 3.51. The molecule has 37 heavy (non-hydrogen) atoms. The maximum atomic E-state index is 13.7. The summed E-state index contributed by atoms with van der Waals surface area (Å²) in [7, 11) is 4.84. The van der Waals surface area contributed by atoms with E-state index in [1.165, 1.54) is 11.0 Å². The molecule has 3 aromatic carbocycles. The van der Waals surface area contributed by atoms with Crippen LogP contribution in [0.4, 0.5) is 0 Å². The van der Waals surface area contributed by atoms with Crippen molar-refractivity contribution in [2.24, 2.45) is 0 Å². The van der Waals surface area contributed by atoms with Crippen LogP contribution in [0.25, 0.3) is 5.69 Å². The Balaban J connectivity index is 1.45. The molecule has 4 aromatic rings. The molecule has 10 heteroatoms. The lowest BCUT2D eigenvalue weighted by atomic mass is 9.91. The summed E-state index contributed by atoms with van der Waals surface area (Å²) in [6.07, 6.45) is 2.19. The molecule has 0 saturated heterocycles. The van der Waals surface area contributed by atoms with Crippen LogP contribution in [-0.2, 0) is 6.42 Å². The molecule has 1 aromatic heterocycles. The molecule has 5 rings (SSSR count). The van der Waals surface area contributed by atoms with Crippen molar-refractivity contribution in [1.82, 2.24) is 25.1 Å². The zero-order valence-electron chi connectivity index (χ0n) is 20.8. The lowest BCUT2D eigenvalue weighted by Gasteiger charge is -2.37. The molecule has 2 heterocycles. The summed E-state index contributed by atoms with van der Waals surface area (Å²) in [6, 6.07) is 18.2. The first-order valence-electron chi connectivity index (χ1n) is 11.8. The summed E-state index contributed by atoms with van der Waals surface area (Å²) >= 11 is 0. The van der Waals surface area contributed by atoms with E-state index < -0.39 is 0 Å². The molecule has 1 unspecified atom stereocenters. The first-order chi connectivity index (χ1) is 18.1. The molecule has 1 aliphatic heterocycles. The number of amides is 1. The summed E-state index contributed by atoms with van der Waals surface area (Å²) in [5, 5.41) is 11.2. The monoisotopic (exact) mass is 501 g/mol. The highest BCUT2D eigenvalue weighted by Crippen LogP contribution is 2.39. The molecule has 190 valence electrons. The van der Waals surface area contributed by atoms with E-state index in [4.69, 9.17) is 18.9 Å². The second-order valence-electron chi connectivity index (χ2n) is 8.46. The normalized spacial score (nSPS) is 14.6. The van der Waals surface area contributed by atoms with Gasteiger partial charge in [0.1, 0.15) is 24.4 Å². The standard InChI is InChI=1S/C27H27N5O5/c1-34-21-8-10-22(11-9-21)37-16-24-23-15-26(36-3)25(35-2)14-19(23)12-13-31(24)27(33)18-4-6-20(7-5-18)32-17-28-29-30-32/h4-11,14-15,17,24H,12-13,16H2,1-3H3. The number of methoxy groups -OCH3 is 3. The van der Waals surface area contributed by atoms with E-state index in [0.29, 0.717) is 35.8 Å². The van der Waals surface area contributed by atoms with Gasteiger partial charge in [-0.15, -0.1) is 5.10 Å². The van der Waals surface area contributed by atoms with Gasteiger partial charge in [0, 0.05) is 12.1 Å². The molecule has 0 saturated carbocycles. The highest BCUT2D eigenvalue weighted by Gasteiger charge is 2.33. The van der Waals surface area contributed by atoms with Crippen LogP contribution >= 0.6 is 0 Å². The molecule has 0 aliphatic carbocycles. The van der Waals surface area contributed by atoms with E-state index in [0.717, 1.165) is 22.6 Å². The summed E-state index contributed by atoms with van der Waals surface area (Å²) in [5.74, 6) is 2.61. The van der Waals surface area contributed by atoms with Gasteiger partial charge in [-0.25, -0.2) is 4.68 Å². The van der Waals surface area contributed by atoms with E-state index in [-0.39, 0.29) is 18.6 Å². The Hall–Kier alpha value is -4.60. The highest BCUT2D eigenvalue weighted by molar-refractivity contribution is 5.95. The van der Waals surface area contributed by atoms with Crippen LogP contribution in [0.15, 0.2) is 67.0 Å². The molecule has 0 spiro atoms. The fourth-order valence-corrected chi connectivity index (χ4v) is 4.50. The van der Waals surface area contributed by atoms with Gasteiger partial charge in [0.15, 0.2) is 11.5 Å². The molecule has 10 nitrogen and oxygen atoms in total. The van der Waals surface area contributed by atoms with Crippen LogP contribution in [0.3, 0.4) is 0 Å². The van der Waals surface area contributed by atoms with Gasteiger partial charge in [0.25, 0.3) is 5.91 Å². The molecule has 0 fully saturated rings. The fourth-order valence-electron chi connectivity index (χ4n) is 4.50. The van der Waals surface area contributed by atoms with Crippen molar-refractivity contribution < 1.29 is 23.7 Å². The van der Waals surface area contributed by atoms with Gasteiger partial charge in [0.2, 0.25) is 0 Å². The Bertz CT molecular complexity index is 1360. The van der Waals surface area contributed by atoms with Crippen molar-refractivity contribution in [3.05, 3.63) is 83.7 Å².